The van der Waals surface area contributed by atoms with Gasteiger partial charge in [-0.3, -0.25) is 0 Å². The molecule has 0 unspecified atom stereocenters. The molecule has 0 radical (unpaired) electrons. The van der Waals surface area contributed by atoms with Gasteiger partial charge in [0, 0.05) is 0 Å². The molecular formula is C13H19NO3. The first-order chi connectivity index (χ1) is 8.33. The molecule has 0 spiro atoms. The fraction of sp³-hybridized carbons (Fsp3) is 0.538. The first-order valence-corrected chi connectivity index (χ1v) is 5.98. The van der Waals surface area contributed by atoms with E-state index in [1.54, 1.807) is 7.11 Å². The van der Waals surface area contributed by atoms with Crippen LogP contribution in [0, 0.1) is 0 Å². The highest BCUT2D eigenvalue weighted by Crippen LogP contribution is 2.33. The highest BCUT2D eigenvalue weighted by atomic mass is 16.6. The number of hydrogen-bond acceptors (Lipinski definition) is 4. The van der Waals surface area contributed by atoms with Crippen molar-refractivity contribution in [3.63, 3.8) is 0 Å². The Morgan fingerprint density at radius 3 is 2.71 bits per heavy atom. The molecule has 4 heteroatoms. The fourth-order valence-corrected chi connectivity index (χ4v) is 1.81. The van der Waals surface area contributed by atoms with Crippen molar-refractivity contribution in [2.24, 2.45) is 5.90 Å². The molecule has 2 N–H and O–H groups in total. The zero-order valence-electron chi connectivity index (χ0n) is 10.1. The molecule has 0 heterocycles. The van der Waals surface area contributed by atoms with Gasteiger partial charge in [0.2, 0.25) is 0 Å². The van der Waals surface area contributed by atoms with Crippen LogP contribution >= 0.6 is 0 Å². The second kappa shape index (κ2) is 5.89. The molecule has 94 valence electrons. The van der Waals surface area contributed by atoms with Gasteiger partial charge in [-0.1, -0.05) is 6.07 Å². The number of nitrogens with two attached hydrogens (primary N) is 1. The fourth-order valence-electron chi connectivity index (χ4n) is 1.81. The van der Waals surface area contributed by atoms with E-state index in [2.05, 4.69) is 4.84 Å². The Morgan fingerprint density at radius 1 is 1.29 bits per heavy atom. The van der Waals surface area contributed by atoms with Crippen molar-refractivity contribution in [3.8, 4) is 11.5 Å². The summed E-state index contributed by atoms with van der Waals surface area (Å²) in [5.74, 6) is 6.64. The third kappa shape index (κ3) is 3.11. The Bertz CT molecular complexity index is 364. The summed E-state index contributed by atoms with van der Waals surface area (Å²) in [6.07, 6.45) is 4.67. The van der Waals surface area contributed by atoms with Crippen LogP contribution in [0.5, 0.6) is 11.5 Å². The lowest BCUT2D eigenvalue weighted by molar-refractivity contribution is 0.115. The van der Waals surface area contributed by atoms with Crippen molar-refractivity contribution in [1.82, 2.24) is 0 Å². The topological polar surface area (TPSA) is 53.7 Å². The first kappa shape index (κ1) is 12.2. The van der Waals surface area contributed by atoms with Crippen LogP contribution in [0.2, 0.25) is 0 Å². The van der Waals surface area contributed by atoms with E-state index in [9.17, 15) is 0 Å². The minimum absolute atomic E-state index is 0.352. The second-order valence-corrected chi connectivity index (χ2v) is 4.28. The number of hydrogen-bond donors (Lipinski definition) is 1. The molecule has 0 amide bonds. The molecule has 1 aliphatic carbocycles. The van der Waals surface area contributed by atoms with E-state index in [1.165, 1.54) is 6.42 Å². The predicted octanol–water partition coefficient (Wildman–Crippen LogP) is 2.06. The van der Waals surface area contributed by atoms with Crippen molar-refractivity contribution >= 4 is 0 Å². The Morgan fingerprint density at radius 2 is 2.12 bits per heavy atom. The SMILES string of the molecule is COc1ccc(CCON)cc1OC1CCC1. The lowest BCUT2D eigenvalue weighted by atomic mass is 9.96. The van der Waals surface area contributed by atoms with Gasteiger partial charge < -0.3 is 14.3 Å². The molecule has 0 saturated heterocycles. The molecule has 1 saturated carbocycles. The van der Waals surface area contributed by atoms with Crippen LogP contribution in [0.15, 0.2) is 18.2 Å². The second-order valence-electron chi connectivity index (χ2n) is 4.28. The molecule has 1 aromatic rings. The lowest BCUT2D eigenvalue weighted by Crippen LogP contribution is -2.24. The summed E-state index contributed by atoms with van der Waals surface area (Å²) < 4.78 is 11.2. The van der Waals surface area contributed by atoms with E-state index in [-0.39, 0.29) is 0 Å². The maximum Gasteiger partial charge on any atom is 0.161 e. The minimum atomic E-state index is 0.352. The lowest BCUT2D eigenvalue weighted by Gasteiger charge is -2.27. The zero-order chi connectivity index (χ0) is 12.1. The molecule has 0 aromatic heterocycles. The van der Waals surface area contributed by atoms with Crippen molar-refractivity contribution in [3.05, 3.63) is 23.8 Å². The summed E-state index contributed by atoms with van der Waals surface area (Å²) in [7, 11) is 1.66. The van der Waals surface area contributed by atoms with Gasteiger partial charge in [-0.2, -0.15) is 0 Å². The minimum Gasteiger partial charge on any atom is -0.493 e. The Balaban J connectivity index is 2.07. The summed E-state index contributed by atoms with van der Waals surface area (Å²) in [5.41, 5.74) is 1.14. The van der Waals surface area contributed by atoms with Crippen LogP contribution in [0.4, 0.5) is 0 Å². The molecule has 0 atom stereocenters. The van der Waals surface area contributed by atoms with Gasteiger partial charge in [0.1, 0.15) is 0 Å². The van der Waals surface area contributed by atoms with Crippen LogP contribution < -0.4 is 15.4 Å². The molecule has 2 rings (SSSR count). The smallest absolute Gasteiger partial charge is 0.161 e. The van der Waals surface area contributed by atoms with E-state index >= 15 is 0 Å². The van der Waals surface area contributed by atoms with Crippen molar-refractivity contribution in [1.29, 1.82) is 0 Å². The van der Waals surface area contributed by atoms with Gasteiger partial charge in [-0.15, -0.1) is 0 Å². The number of methoxy groups -OCH3 is 1. The monoisotopic (exact) mass is 237 g/mol. The Labute approximate surface area is 102 Å². The van der Waals surface area contributed by atoms with E-state index < -0.39 is 0 Å². The average molecular weight is 237 g/mol. The maximum atomic E-state index is 5.90. The molecule has 17 heavy (non-hydrogen) atoms. The summed E-state index contributed by atoms with van der Waals surface area (Å²) in [4.78, 5) is 4.58. The van der Waals surface area contributed by atoms with Gasteiger partial charge in [-0.25, -0.2) is 5.90 Å². The molecular weight excluding hydrogens is 218 g/mol. The Kier molecular flexibility index (Phi) is 4.23. The van der Waals surface area contributed by atoms with E-state index in [1.807, 2.05) is 18.2 Å². The molecule has 0 aliphatic heterocycles. The molecule has 1 fully saturated rings. The standard InChI is InChI=1S/C13H19NO3/c1-15-12-6-5-10(7-8-16-14)9-13(12)17-11-3-2-4-11/h5-6,9,11H,2-4,7-8,14H2,1H3. The number of rotatable bonds is 6. The van der Waals surface area contributed by atoms with Gasteiger partial charge in [0.25, 0.3) is 0 Å². The van der Waals surface area contributed by atoms with E-state index in [0.717, 1.165) is 36.3 Å². The summed E-state index contributed by atoms with van der Waals surface area (Å²) in [6.45, 7) is 0.509. The number of benzene rings is 1. The van der Waals surface area contributed by atoms with Crippen molar-refractivity contribution in [2.75, 3.05) is 13.7 Å². The van der Waals surface area contributed by atoms with Crippen molar-refractivity contribution in [2.45, 2.75) is 31.8 Å². The van der Waals surface area contributed by atoms with E-state index in [0.29, 0.717) is 12.7 Å². The highest BCUT2D eigenvalue weighted by molar-refractivity contribution is 5.43. The van der Waals surface area contributed by atoms with Crippen LogP contribution in [0.3, 0.4) is 0 Å². The van der Waals surface area contributed by atoms with Crippen LogP contribution in [0.1, 0.15) is 24.8 Å². The third-order valence-corrected chi connectivity index (χ3v) is 3.08. The largest absolute Gasteiger partial charge is 0.493 e. The quantitative estimate of drug-likeness (QED) is 0.769. The van der Waals surface area contributed by atoms with E-state index in [4.69, 9.17) is 15.4 Å². The molecule has 1 aromatic carbocycles. The van der Waals surface area contributed by atoms with Crippen molar-refractivity contribution < 1.29 is 14.3 Å². The zero-order valence-corrected chi connectivity index (χ0v) is 10.1. The van der Waals surface area contributed by atoms with Gasteiger partial charge >= 0.3 is 0 Å². The van der Waals surface area contributed by atoms with Gasteiger partial charge in [-0.05, 0) is 43.4 Å². The van der Waals surface area contributed by atoms with Gasteiger partial charge in [0.15, 0.2) is 11.5 Å². The summed E-state index contributed by atoms with van der Waals surface area (Å²) in [5, 5.41) is 0. The first-order valence-electron chi connectivity index (χ1n) is 5.98. The van der Waals surface area contributed by atoms with Crippen LogP contribution in [-0.4, -0.2) is 19.8 Å². The summed E-state index contributed by atoms with van der Waals surface area (Å²) in [6, 6.07) is 5.95. The van der Waals surface area contributed by atoms with Crippen LogP contribution in [0.25, 0.3) is 0 Å². The normalized spacial score (nSPS) is 15.4. The average Bonchev–Trinajstić information content (AvgIpc) is 2.31. The maximum absolute atomic E-state index is 5.90. The highest BCUT2D eigenvalue weighted by Gasteiger charge is 2.20. The third-order valence-electron chi connectivity index (χ3n) is 3.08. The molecule has 4 nitrogen and oxygen atoms in total. The molecule has 0 bridgehead atoms. The summed E-state index contributed by atoms with van der Waals surface area (Å²) >= 11 is 0. The molecule has 1 aliphatic rings. The number of ether oxygens (including phenoxy) is 2. The predicted molar refractivity (Wildman–Crippen MR) is 65.1 cm³/mol. The van der Waals surface area contributed by atoms with Crippen LogP contribution in [-0.2, 0) is 11.3 Å². The Hall–Kier alpha value is -1.26. The van der Waals surface area contributed by atoms with Gasteiger partial charge in [0.05, 0.1) is 19.8 Å².